The van der Waals surface area contributed by atoms with Crippen molar-refractivity contribution in [2.24, 2.45) is 0 Å². The van der Waals surface area contributed by atoms with Crippen LogP contribution < -0.4 is 5.32 Å². The molecule has 110 valence electrons. The Bertz CT molecular complexity index is 759. The Morgan fingerprint density at radius 2 is 2.05 bits per heavy atom. The van der Waals surface area contributed by atoms with Crippen molar-refractivity contribution >= 4 is 17.5 Å². The molecule has 6 heteroatoms. The summed E-state index contributed by atoms with van der Waals surface area (Å²) in [6.07, 6.45) is 3.22. The lowest BCUT2D eigenvalue weighted by atomic mass is 10.0. The highest BCUT2D eigenvalue weighted by atomic mass is 35.5. The third kappa shape index (κ3) is 3.15. The molecule has 0 fully saturated rings. The minimum absolute atomic E-state index is 0.256. The number of carbonyl (C=O) groups excluding carboxylic acids is 1. The van der Waals surface area contributed by atoms with Crippen molar-refractivity contribution in [2.45, 2.75) is 6.04 Å². The highest BCUT2D eigenvalue weighted by Crippen LogP contribution is 2.23. The maximum atomic E-state index is 12.3. The van der Waals surface area contributed by atoms with Crippen molar-refractivity contribution in [1.29, 1.82) is 0 Å². The second-order valence-corrected chi connectivity index (χ2v) is 5.12. The molecule has 0 saturated heterocycles. The molecular weight excluding hydrogens is 300 g/mol. The van der Waals surface area contributed by atoms with Crippen LogP contribution in [0.3, 0.4) is 0 Å². The summed E-state index contributed by atoms with van der Waals surface area (Å²) in [6.45, 7) is 0. The van der Waals surface area contributed by atoms with Gasteiger partial charge in [-0.05, 0) is 35.9 Å². The van der Waals surface area contributed by atoms with E-state index in [1.165, 1.54) is 6.20 Å². The molecule has 5 nitrogen and oxygen atoms in total. The zero-order valence-corrected chi connectivity index (χ0v) is 12.3. The first kappa shape index (κ1) is 14.3. The van der Waals surface area contributed by atoms with Crippen LogP contribution in [0.25, 0.3) is 0 Å². The van der Waals surface area contributed by atoms with Crippen LogP contribution in [0.2, 0.25) is 5.02 Å². The van der Waals surface area contributed by atoms with Crippen LogP contribution in [0, 0.1) is 0 Å². The van der Waals surface area contributed by atoms with Crippen molar-refractivity contribution in [3.05, 3.63) is 82.9 Å². The molecule has 22 heavy (non-hydrogen) atoms. The minimum atomic E-state index is -0.393. The van der Waals surface area contributed by atoms with E-state index >= 15 is 0 Å². The fourth-order valence-corrected chi connectivity index (χ4v) is 2.35. The molecule has 2 N–H and O–H groups in total. The summed E-state index contributed by atoms with van der Waals surface area (Å²) in [4.78, 5) is 16.6. The van der Waals surface area contributed by atoms with Gasteiger partial charge in [-0.15, -0.1) is 0 Å². The molecular formula is C16H13ClN4O. The lowest BCUT2D eigenvalue weighted by Crippen LogP contribution is -2.30. The van der Waals surface area contributed by atoms with E-state index in [1.807, 2.05) is 36.4 Å². The molecule has 1 atom stereocenters. The number of nitrogens with zero attached hydrogens (tertiary/aromatic N) is 2. The molecule has 2 heterocycles. The predicted molar refractivity (Wildman–Crippen MR) is 83.6 cm³/mol. The summed E-state index contributed by atoms with van der Waals surface area (Å²) in [5, 5.41) is 9.99. The first-order valence-corrected chi connectivity index (χ1v) is 7.08. The van der Waals surface area contributed by atoms with Gasteiger partial charge in [-0.1, -0.05) is 29.8 Å². The monoisotopic (exact) mass is 312 g/mol. The van der Waals surface area contributed by atoms with Crippen molar-refractivity contribution < 1.29 is 4.79 Å². The fraction of sp³-hybridized carbons (Fsp3) is 0.0625. The van der Waals surface area contributed by atoms with Gasteiger partial charge in [0.25, 0.3) is 5.91 Å². The van der Waals surface area contributed by atoms with Gasteiger partial charge < -0.3 is 5.32 Å². The lowest BCUT2D eigenvalue weighted by molar-refractivity contribution is 0.0937. The number of pyridine rings is 1. The first-order chi connectivity index (χ1) is 10.7. The van der Waals surface area contributed by atoms with Gasteiger partial charge in [-0.2, -0.15) is 5.10 Å². The molecule has 0 spiro atoms. The standard InChI is InChI=1S/C16H13ClN4O/c17-12-5-3-4-11(10-12)15(13-6-1-2-8-18-13)20-16(22)14-7-9-19-21-14/h1-10,15H,(H,19,21)(H,20,22)/t15-/m0/s1. The highest BCUT2D eigenvalue weighted by molar-refractivity contribution is 6.30. The van der Waals surface area contributed by atoms with Crippen molar-refractivity contribution in [3.8, 4) is 0 Å². The Hall–Kier alpha value is -2.66. The predicted octanol–water partition coefficient (Wildman–Crippen LogP) is 2.98. The van der Waals surface area contributed by atoms with E-state index in [2.05, 4.69) is 20.5 Å². The minimum Gasteiger partial charge on any atom is -0.338 e. The Morgan fingerprint density at radius 1 is 1.14 bits per heavy atom. The van der Waals surface area contributed by atoms with Crippen LogP contribution in [0.5, 0.6) is 0 Å². The number of carbonyl (C=O) groups is 1. The van der Waals surface area contributed by atoms with Gasteiger partial charge in [-0.3, -0.25) is 14.9 Å². The fourth-order valence-electron chi connectivity index (χ4n) is 2.15. The molecule has 1 aromatic carbocycles. The van der Waals surface area contributed by atoms with E-state index in [-0.39, 0.29) is 5.91 Å². The van der Waals surface area contributed by atoms with Crippen molar-refractivity contribution in [1.82, 2.24) is 20.5 Å². The average Bonchev–Trinajstić information content (AvgIpc) is 3.08. The molecule has 1 amide bonds. The summed E-state index contributed by atoms with van der Waals surface area (Å²) in [5.74, 6) is -0.256. The molecule has 3 aromatic rings. The maximum absolute atomic E-state index is 12.3. The summed E-state index contributed by atoms with van der Waals surface area (Å²) < 4.78 is 0. The number of hydrogen-bond acceptors (Lipinski definition) is 3. The van der Waals surface area contributed by atoms with Gasteiger partial charge >= 0.3 is 0 Å². The second kappa shape index (κ2) is 6.41. The zero-order chi connectivity index (χ0) is 15.4. The summed E-state index contributed by atoms with van der Waals surface area (Å²) in [7, 11) is 0. The summed E-state index contributed by atoms with van der Waals surface area (Å²) >= 11 is 6.06. The van der Waals surface area contributed by atoms with E-state index in [0.717, 1.165) is 11.3 Å². The number of rotatable bonds is 4. The number of amides is 1. The number of aromatic amines is 1. The topological polar surface area (TPSA) is 70.7 Å². The largest absolute Gasteiger partial charge is 0.338 e. The Kier molecular flexibility index (Phi) is 4.16. The van der Waals surface area contributed by atoms with Crippen LogP contribution in [0.4, 0.5) is 0 Å². The highest BCUT2D eigenvalue weighted by Gasteiger charge is 2.19. The number of benzene rings is 1. The van der Waals surface area contributed by atoms with Gasteiger partial charge in [0, 0.05) is 17.4 Å². The average molecular weight is 313 g/mol. The van der Waals surface area contributed by atoms with E-state index in [0.29, 0.717) is 10.7 Å². The van der Waals surface area contributed by atoms with Gasteiger partial charge in [-0.25, -0.2) is 0 Å². The number of aromatic nitrogens is 3. The molecule has 3 rings (SSSR count). The zero-order valence-electron chi connectivity index (χ0n) is 11.5. The molecule has 0 aliphatic carbocycles. The van der Waals surface area contributed by atoms with E-state index < -0.39 is 6.04 Å². The smallest absolute Gasteiger partial charge is 0.270 e. The molecule has 0 bridgehead atoms. The Balaban J connectivity index is 1.95. The molecule has 2 aromatic heterocycles. The molecule has 0 saturated carbocycles. The molecule has 0 radical (unpaired) electrons. The lowest BCUT2D eigenvalue weighted by Gasteiger charge is -2.18. The van der Waals surface area contributed by atoms with Crippen LogP contribution in [0.1, 0.15) is 27.8 Å². The first-order valence-electron chi connectivity index (χ1n) is 6.70. The summed E-state index contributed by atoms with van der Waals surface area (Å²) in [6, 6.07) is 14.1. The van der Waals surface area contributed by atoms with E-state index in [4.69, 9.17) is 11.6 Å². The van der Waals surface area contributed by atoms with Crippen molar-refractivity contribution in [3.63, 3.8) is 0 Å². The summed E-state index contributed by atoms with van der Waals surface area (Å²) in [5.41, 5.74) is 1.99. The van der Waals surface area contributed by atoms with Crippen LogP contribution in [-0.2, 0) is 0 Å². The van der Waals surface area contributed by atoms with Gasteiger partial charge in [0.1, 0.15) is 5.69 Å². The van der Waals surface area contributed by atoms with Crippen molar-refractivity contribution in [2.75, 3.05) is 0 Å². The molecule has 0 unspecified atom stereocenters. The number of hydrogen-bond donors (Lipinski definition) is 2. The number of H-pyrrole nitrogens is 1. The third-order valence-corrected chi connectivity index (χ3v) is 3.42. The van der Waals surface area contributed by atoms with Crippen LogP contribution in [-0.4, -0.2) is 21.1 Å². The second-order valence-electron chi connectivity index (χ2n) is 4.69. The maximum Gasteiger partial charge on any atom is 0.270 e. The quantitative estimate of drug-likeness (QED) is 0.778. The Morgan fingerprint density at radius 3 is 2.73 bits per heavy atom. The Labute approximate surface area is 132 Å². The van der Waals surface area contributed by atoms with Crippen LogP contribution >= 0.6 is 11.6 Å². The molecule has 0 aliphatic heterocycles. The van der Waals surface area contributed by atoms with Gasteiger partial charge in [0.2, 0.25) is 0 Å². The normalized spacial score (nSPS) is 11.9. The molecule has 0 aliphatic rings. The number of halogens is 1. The number of nitrogens with one attached hydrogen (secondary N) is 2. The van der Waals surface area contributed by atoms with E-state index in [1.54, 1.807) is 18.3 Å². The third-order valence-electron chi connectivity index (χ3n) is 3.19. The SMILES string of the molecule is O=C(N[C@@H](c1cccc(Cl)c1)c1ccccn1)c1ccn[nH]1. The van der Waals surface area contributed by atoms with Crippen LogP contribution in [0.15, 0.2) is 60.9 Å². The van der Waals surface area contributed by atoms with E-state index in [9.17, 15) is 4.79 Å². The van der Waals surface area contributed by atoms with Gasteiger partial charge in [0.15, 0.2) is 0 Å². The van der Waals surface area contributed by atoms with Gasteiger partial charge in [0.05, 0.1) is 11.7 Å².